The monoisotopic (exact) mass is 265 g/mol. The van der Waals surface area contributed by atoms with Gasteiger partial charge in [-0.05, 0) is 58.2 Å². The van der Waals surface area contributed by atoms with Gasteiger partial charge in [0.15, 0.2) is 0 Å². The Labute approximate surface area is 116 Å². The van der Waals surface area contributed by atoms with Gasteiger partial charge in [0.05, 0.1) is 5.92 Å². The van der Waals surface area contributed by atoms with Crippen LogP contribution in [0.25, 0.3) is 0 Å². The summed E-state index contributed by atoms with van der Waals surface area (Å²) >= 11 is 0. The summed E-state index contributed by atoms with van der Waals surface area (Å²) in [7, 11) is 0. The normalized spacial score (nSPS) is 30.7. The predicted molar refractivity (Wildman–Crippen MR) is 76.0 cm³/mol. The lowest BCUT2D eigenvalue weighted by molar-refractivity contribution is -0.137. The molecule has 4 heteroatoms. The maximum atomic E-state index is 12.5. The molecular weight excluding hydrogens is 238 g/mol. The third-order valence-electron chi connectivity index (χ3n) is 5.08. The Balaban J connectivity index is 1.47. The van der Waals surface area contributed by atoms with Crippen molar-refractivity contribution in [3.05, 3.63) is 0 Å². The molecule has 0 aliphatic carbocycles. The van der Waals surface area contributed by atoms with Crippen LogP contribution in [0.5, 0.6) is 0 Å². The van der Waals surface area contributed by atoms with Gasteiger partial charge < -0.3 is 15.1 Å². The maximum Gasteiger partial charge on any atom is 0.226 e. The Morgan fingerprint density at radius 1 is 0.947 bits per heavy atom. The zero-order valence-electron chi connectivity index (χ0n) is 11.9. The third-order valence-corrected chi connectivity index (χ3v) is 5.08. The van der Waals surface area contributed by atoms with Crippen LogP contribution in [0.1, 0.15) is 38.5 Å². The van der Waals surface area contributed by atoms with Crippen molar-refractivity contribution in [2.24, 2.45) is 5.92 Å². The quantitative estimate of drug-likeness (QED) is 0.811. The number of hydrogen-bond acceptors (Lipinski definition) is 3. The van der Waals surface area contributed by atoms with Crippen LogP contribution in [0.15, 0.2) is 0 Å². The molecular formula is C15H27N3O. The van der Waals surface area contributed by atoms with Crippen molar-refractivity contribution in [1.29, 1.82) is 0 Å². The van der Waals surface area contributed by atoms with E-state index in [1.54, 1.807) is 0 Å². The molecule has 0 unspecified atom stereocenters. The molecule has 3 rings (SSSR count). The zero-order chi connectivity index (χ0) is 13.1. The smallest absolute Gasteiger partial charge is 0.226 e. The molecule has 0 spiro atoms. The summed E-state index contributed by atoms with van der Waals surface area (Å²) in [5.41, 5.74) is 0. The number of carbonyl (C=O) groups is 1. The van der Waals surface area contributed by atoms with Crippen molar-refractivity contribution in [3.8, 4) is 0 Å². The van der Waals surface area contributed by atoms with Crippen LogP contribution in [0, 0.1) is 5.92 Å². The van der Waals surface area contributed by atoms with Gasteiger partial charge >= 0.3 is 0 Å². The lowest BCUT2D eigenvalue weighted by Crippen LogP contribution is -2.49. The lowest BCUT2D eigenvalue weighted by Gasteiger charge is -2.38. The lowest BCUT2D eigenvalue weighted by atomic mass is 9.96. The molecule has 3 aliphatic rings. The van der Waals surface area contributed by atoms with E-state index in [0.29, 0.717) is 5.91 Å². The van der Waals surface area contributed by atoms with Gasteiger partial charge in [-0.1, -0.05) is 0 Å². The molecule has 0 saturated carbocycles. The van der Waals surface area contributed by atoms with Crippen LogP contribution in [0.4, 0.5) is 0 Å². The second-order valence-corrected chi connectivity index (χ2v) is 6.34. The van der Waals surface area contributed by atoms with E-state index in [1.165, 1.54) is 38.8 Å². The van der Waals surface area contributed by atoms with Crippen LogP contribution >= 0.6 is 0 Å². The molecule has 1 atom stereocenters. The van der Waals surface area contributed by atoms with Gasteiger partial charge in [0.1, 0.15) is 0 Å². The van der Waals surface area contributed by atoms with Crippen LogP contribution in [0.3, 0.4) is 0 Å². The van der Waals surface area contributed by atoms with Crippen molar-refractivity contribution >= 4 is 5.91 Å². The molecule has 0 aromatic carbocycles. The van der Waals surface area contributed by atoms with Crippen LogP contribution in [-0.2, 0) is 4.79 Å². The number of amides is 1. The van der Waals surface area contributed by atoms with E-state index in [9.17, 15) is 4.79 Å². The number of carbonyl (C=O) groups excluding carboxylic acids is 1. The molecule has 19 heavy (non-hydrogen) atoms. The van der Waals surface area contributed by atoms with E-state index in [0.717, 1.165) is 45.1 Å². The fourth-order valence-corrected chi connectivity index (χ4v) is 3.88. The summed E-state index contributed by atoms with van der Waals surface area (Å²) in [6.45, 7) is 6.51. The zero-order valence-corrected chi connectivity index (χ0v) is 11.9. The number of nitrogens with zero attached hydrogens (tertiary/aromatic N) is 2. The molecule has 0 aromatic heterocycles. The van der Waals surface area contributed by atoms with Crippen molar-refractivity contribution in [2.75, 3.05) is 39.3 Å². The standard InChI is InChI=1S/C15H27N3O/c19-15(13-4-3-7-16-12-13)18-10-5-14(6-11-18)17-8-1-2-9-17/h13-14,16H,1-12H2/t13-/m1/s1. The average Bonchev–Trinajstić information content (AvgIpc) is 3.02. The fraction of sp³-hybridized carbons (Fsp3) is 0.933. The number of rotatable bonds is 2. The Kier molecular flexibility index (Phi) is 4.38. The summed E-state index contributed by atoms with van der Waals surface area (Å²) in [5.74, 6) is 0.657. The summed E-state index contributed by atoms with van der Waals surface area (Å²) in [5, 5.41) is 3.35. The third kappa shape index (κ3) is 3.11. The highest BCUT2D eigenvalue weighted by atomic mass is 16.2. The first-order valence-corrected chi connectivity index (χ1v) is 8.08. The van der Waals surface area contributed by atoms with Crippen molar-refractivity contribution in [1.82, 2.24) is 15.1 Å². The van der Waals surface area contributed by atoms with E-state index < -0.39 is 0 Å². The molecule has 4 nitrogen and oxygen atoms in total. The minimum Gasteiger partial charge on any atom is -0.342 e. The summed E-state index contributed by atoms with van der Waals surface area (Å²) in [4.78, 5) is 17.2. The average molecular weight is 265 g/mol. The van der Waals surface area contributed by atoms with Crippen molar-refractivity contribution in [2.45, 2.75) is 44.6 Å². The second kappa shape index (κ2) is 6.23. The number of nitrogens with one attached hydrogen (secondary N) is 1. The van der Waals surface area contributed by atoms with Gasteiger partial charge in [-0.2, -0.15) is 0 Å². The second-order valence-electron chi connectivity index (χ2n) is 6.34. The molecule has 1 amide bonds. The van der Waals surface area contributed by atoms with Gasteiger partial charge in [0.25, 0.3) is 0 Å². The highest BCUT2D eigenvalue weighted by Gasteiger charge is 2.31. The van der Waals surface area contributed by atoms with Gasteiger partial charge in [-0.15, -0.1) is 0 Å². The number of likely N-dealkylation sites (tertiary alicyclic amines) is 2. The Bertz CT molecular complexity index is 301. The van der Waals surface area contributed by atoms with Crippen LogP contribution in [-0.4, -0.2) is 61.0 Å². The fourth-order valence-electron chi connectivity index (χ4n) is 3.88. The minimum atomic E-state index is 0.247. The van der Waals surface area contributed by atoms with Crippen LogP contribution < -0.4 is 5.32 Å². The Morgan fingerprint density at radius 2 is 1.68 bits per heavy atom. The van der Waals surface area contributed by atoms with E-state index in [-0.39, 0.29) is 5.92 Å². The molecule has 3 saturated heterocycles. The SMILES string of the molecule is O=C([C@@H]1CCCNC1)N1CCC(N2CCCC2)CC1. The number of piperidine rings is 2. The topological polar surface area (TPSA) is 35.6 Å². The molecule has 0 bridgehead atoms. The summed E-state index contributed by atoms with van der Waals surface area (Å²) in [6.07, 6.45) is 7.34. The largest absolute Gasteiger partial charge is 0.342 e. The van der Waals surface area contributed by atoms with Gasteiger partial charge in [0, 0.05) is 25.7 Å². The first-order chi connectivity index (χ1) is 9.34. The number of hydrogen-bond donors (Lipinski definition) is 1. The maximum absolute atomic E-state index is 12.5. The summed E-state index contributed by atoms with van der Waals surface area (Å²) in [6, 6.07) is 0.746. The van der Waals surface area contributed by atoms with Crippen molar-refractivity contribution < 1.29 is 4.79 Å². The highest BCUT2D eigenvalue weighted by molar-refractivity contribution is 5.79. The van der Waals surface area contributed by atoms with E-state index >= 15 is 0 Å². The van der Waals surface area contributed by atoms with E-state index in [1.807, 2.05) is 0 Å². The molecule has 3 fully saturated rings. The first kappa shape index (κ1) is 13.4. The molecule has 0 aromatic rings. The molecule has 3 aliphatic heterocycles. The highest BCUT2D eigenvalue weighted by Crippen LogP contribution is 2.23. The Morgan fingerprint density at radius 3 is 2.32 bits per heavy atom. The molecule has 108 valence electrons. The van der Waals surface area contributed by atoms with Gasteiger partial charge in [-0.3, -0.25) is 4.79 Å². The molecule has 0 radical (unpaired) electrons. The van der Waals surface area contributed by atoms with E-state index in [4.69, 9.17) is 0 Å². The predicted octanol–water partition coefficient (Wildman–Crippen LogP) is 1.07. The van der Waals surface area contributed by atoms with Crippen LogP contribution in [0.2, 0.25) is 0 Å². The summed E-state index contributed by atoms with van der Waals surface area (Å²) < 4.78 is 0. The minimum absolute atomic E-state index is 0.247. The van der Waals surface area contributed by atoms with Gasteiger partial charge in [-0.25, -0.2) is 0 Å². The van der Waals surface area contributed by atoms with Gasteiger partial charge in [0.2, 0.25) is 5.91 Å². The Hall–Kier alpha value is -0.610. The first-order valence-electron chi connectivity index (χ1n) is 8.08. The van der Waals surface area contributed by atoms with Crippen molar-refractivity contribution in [3.63, 3.8) is 0 Å². The molecule has 1 N–H and O–H groups in total. The molecule has 3 heterocycles. The van der Waals surface area contributed by atoms with E-state index in [2.05, 4.69) is 15.1 Å².